The van der Waals surface area contributed by atoms with Gasteiger partial charge in [0, 0.05) is 24.7 Å². The summed E-state index contributed by atoms with van der Waals surface area (Å²) in [6.07, 6.45) is 9.25. The van der Waals surface area contributed by atoms with Crippen molar-refractivity contribution in [3.63, 3.8) is 0 Å². The molecule has 2 aromatic carbocycles. The highest BCUT2D eigenvalue weighted by atomic mass is 35.5. The van der Waals surface area contributed by atoms with Crippen molar-refractivity contribution < 1.29 is 0 Å². The van der Waals surface area contributed by atoms with Gasteiger partial charge in [0.15, 0.2) is 0 Å². The number of benzene rings is 2. The van der Waals surface area contributed by atoms with Crippen LogP contribution in [0.25, 0.3) is 16.5 Å². The van der Waals surface area contributed by atoms with Crippen LogP contribution < -0.4 is 0 Å². The van der Waals surface area contributed by atoms with E-state index in [1.54, 1.807) is 0 Å². The molecule has 1 N–H and O–H groups in total. The minimum atomic E-state index is 0.825. The Bertz CT molecular complexity index is 940. The Hall–Kier alpha value is -2.03. The van der Waals surface area contributed by atoms with E-state index in [-0.39, 0.29) is 0 Å². The fraction of sp³-hybridized carbons (Fsp3) is 0.333. The molecule has 0 unspecified atom stereocenters. The Morgan fingerprint density at radius 3 is 2.74 bits per heavy atom. The Balaban J connectivity index is 1.27. The minimum absolute atomic E-state index is 0.825. The monoisotopic (exact) mass is 378 g/mol. The van der Waals surface area contributed by atoms with E-state index in [0.29, 0.717) is 0 Å². The molecule has 0 aliphatic carbocycles. The summed E-state index contributed by atoms with van der Waals surface area (Å²) in [5, 5.41) is 2.11. The molecular formula is C24H27ClN2. The Kier molecular flexibility index (Phi) is 5.66. The van der Waals surface area contributed by atoms with Crippen LogP contribution >= 0.6 is 11.6 Å². The van der Waals surface area contributed by atoms with Gasteiger partial charge >= 0.3 is 0 Å². The van der Waals surface area contributed by atoms with Crippen LogP contribution in [0.15, 0.2) is 54.7 Å². The summed E-state index contributed by atoms with van der Waals surface area (Å²) in [4.78, 5) is 5.92. The summed E-state index contributed by atoms with van der Waals surface area (Å²) in [6.45, 7) is 5.53. The van der Waals surface area contributed by atoms with Gasteiger partial charge in [-0.3, -0.25) is 4.90 Å². The van der Waals surface area contributed by atoms with Gasteiger partial charge in [-0.25, -0.2) is 0 Å². The van der Waals surface area contributed by atoms with Crippen molar-refractivity contribution in [1.29, 1.82) is 0 Å². The molecule has 0 radical (unpaired) electrons. The summed E-state index contributed by atoms with van der Waals surface area (Å²) in [6, 6.07) is 15.0. The third kappa shape index (κ3) is 4.28. The molecule has 2 nitrogen and oxygen atoms in total. The average molecular weight is 379 g/mol. The summed E-state index contributed by atoms with van der Waals surface area (Å²) < 4.78 is 0. The SMILES string of the molecule is Cc1cc(Cl)c2[nH]cc(CCCCN3CC=C(c4ccccc4)CC3)c2c1. The predicted octanol–water partition coefficient (Wildman–Crippen LogP) is 6.24. The second kappa shape index (κ2) is 8.33. The predicted molar refractivity (Wildman–Crippen MR) is 116 cm³/mol. The number of aryl methyl sites for hydroxylation is 2. The molecule has 0 atom stereocenters. The lowest BCUT2D eigenvalue weighted by atomic mass is 9.99. The number of halogens is 1. The molecule has 0 bridgehead atoms. The molecule has 0 saturated carbocycles. The zero-order chi connectivity index (χ0) is 18.6. The molecule has 2 heterocycles. The van der Waals surface area contributed by atoms with Crippen LogP contribution in [0, 0.1) is 6.92 Å². The maximum absolute atomic E-state index is 6.35. The lowest BCUT2D eigenvalue weighted by Gasteiger charge is -2.26. The normalized spacial score (nSPS) is 15.3. The number of hydrogen-bond acceptors (Lipinski definition) is 1. The summed E-state index contributed by atoms with van der Waals surface area (Å²) in [5.74, 6) is 0. The van der Waals surface area contributed by atoms with Gasteiger partial charge in [0.05, 0.1) is 10.5 Å². The highest BCUT2D eigenvalue weighted by molar-refractivity contribution is 6.35. The van der Waals surface area contributed by atoms with Crippen molar-refractivity contribution >= 4 is 28.1 Å². The van der Waals surface area contributed by atoms with Crippen molar-refractivity contribution in [2.45, 2.75) is 32.6 Å². The van der Waals surface area contributed by atoms with Gasteiger partial charge in [0.1, 0.15) is 0 Å². The van der Waals surface area contributed by atoms with Crippen LogP contribution in [0.1, 0.15) is 36.0 Å². The smallest absolute Gasteiger partial charge is 0.0649 e. The number of H-pyrrole nitrogens is 1. The second-order valence-corrected chi connectivity index (χ2v) is 7.99. The molecule has 140 valence electrons. The van der Waals surface area contributed by atoms with E-state index in [1.165, 1.54) is 53.6 Å². The molecule has 4 rings (SSSR count). The number of aromatic nitrogens is 1. The topological polar surface area (TPSA) is 19.0 Å². The zero-order valence-electron chi connectivity index (χ0n) is 16.0. The first kappa shape index (κ1) is 18.3. The number of nitrogens with one attached hydrogen (secondary N) is 1. The van der Waals surface area contributed by atoms with Gasteiger partial charge in [-0.15, -0.1) is 0 Å². The van der Waals surface area contributed by atoms with Crippen LogP contribution in [-0.4, -0.2) is 29.5 Å². The minimum Gasteiger partial charge on any atom is -0.360 e. The fourth-order valence-corrected chi connectivity index (χ4v) is 4.39. The third-order valence-corrected chi connectivity index (χ3v) is 5.88. The molecule has 1 aromatic heterocycles. The summed E-state index contributed by atoms with van der Waals surface area (Å²) >= 11 is 6.35. The second-order valence-electron chi connectivity index (χ2n) is 7.59. The van der Waals surface area contributed by atoms with Crippen LogP contribution in [0.4, 0.5) is 0 Å². The summed E-state index contributed by atoms with van der Waals surface area (Å²) in [7, 11) is 0. The number of unbranched alkanes of at least 4 members (excludes halogenated alkanes) is 1. The van der Waals surface area contributed by atoms with E-state index in [4.69, 9.17) is 11.6 Å². The largest absolute Gasteiger partial charge is 0.360 e. The number of rotatable bonds is 6. The third-order valence-electron chi connectivity index (χ3n) is 5.58. The van der Waals surface area contributed by atoms with Gasteiger partial charge in [0.2, 0.25) is 0 Å². The number of nitrogens with zero attached hydrogens (tertiary/aromatic N) is 1. The van der Waals surface area contributed by atoms with Crippen molar-refractivity contribution in [3.05, 3.63) is 76.5 Å². The van der Waals surface area contributed by atoms with Crippen LogP contribution in [0.5, 0.6) is 0 Å². The Morgan fingerprint density at radius 2 is 1.96 bits per heavy atom. The van der Waals surface area contributed by atoms with Crippen LogP contribution in [0.3, 0.4) is 0 Å². The molecule has 0 fully saturated rings. The number of fused-ring (bicyclic) bond motifs is 1. The van der Waals surface area contributed by atoms with E-state index in [1.807, 2.05) is 6.07 Å². The van der Waals surface area contributed by atoms with Gasteiger partial charge in [0.25, 0.3) is 0 Å². The van der Waals surface area contributed by atoms with Gasteiger partial charge in [-0.2, -0.15) is 0 Å². The van der Waals surface area contributed by atoms with Crippen LogP contribution in [-0.2, 0) is 6.42 Å². The van der Waals surface area contributed by atoms with E-state index in [2.05, 4.69) is 65.5 Å². The molecule has 3 aromatic rings. The molecule has 0 spiro atoms. The van der Waals surface area contributed by atoms with Crippen molar-refractivity contribution in [3.8, 4) is 0 Å². The van der Waals surface area contributed by atoms with E-state index < -0.39 is 0 Å². The first-order valence-corrected chi connectivity index (χ1v) is 10.3. The van der Waals surface area contributed by atoms with E-state index >= 15 is 0 Å². The molecular weight excluding hydrogens is 352 g/mol. The standard InChI is InChI=1S/C24H27ClN2/c1-18-15-22-21(17-26-24(22)23(25)16-18)9-5-6-12-27-13-10-20(11-14-27)19-7-3-2-4-8-19/h2-4,7-8,10,15-17,26H,5-6,9,11-14H2,1H3. The molecule has 1 aliphatic heterocycles. The van der Waals surface area contributed by atoms with Gasteiger partial charge in [-0.1, -0.05) is 48.0 Å². The maximum atomic E-state index is 6.35. The molecule has 0 amide bonds. The van der Waals surface area contributed by atoms with Gasteiger partial charge < -0.3 is 4.98 Å². The number of hydrogen-bond donors (Lipinski definition) is 1. The molecule has 1 aliphatic rings. The maximum Gasteiger partial charge on any atom is 0.0649 e. The highest BCUT2D eigenvalue weighted by Gasteiger charge is 2.13. The van der Waals surface area contributed by atoms with E-state index in [9.17, 15) is 0 Å². The zero-order valence-corrected chi connectivity index (χ0v) is 16.7. The first-order chi connectivity index (χ1) is 13.2. The molecule has 0 saturated heterocycles. The van der Waals surface area contributed by atoms with Gasteiger partial charge in [-0.05, 0) is 73.5 Å². The average Bonchev–Trinajstić information content (AvgIpc) is 3.09. The molecule has 27 heavy (non-hydrogen) atoms. The van der Waals surface area contributed by atoms with E-state index in [0.717, 1.165) is 29.9 Å². The highest BCUT2D eigenvalue weighted by Crippen LogP contribution is 2.28. The Morgan fingerprint density at radius 1 is 1.11 bits per heavy atom. The first-order valence-electron chi connectivity index (χ1n) is 9.93. The lowest BCUT2D eigenvalue weighted by Crippen LogP contribution is -2.29. The van der Waals surface area contributed by atoms with Crippen LogP contribution in [0.2, 0.25) is 5.02 Å². The van der Waals surface area contributed by atoms with Crippen molar-refractivity contribution in [2.24, 2.45) is 0 Å². The fourth-order valence-electron chi connectivity index (χ4n) is 4.07. The summed E-state index contributed by atoms with van der Waals surface area (Å²) in [5.41, 5.74) is 6.57. The lowest BCUT2D eigenvalue weighted by molar-refractivity contribution is 0.295. The quantitative estimate of drug-likeness (QED) is 0.503. The van der Waals surface area contributed by atoms with Crippen molar-refractivity contribution in [1.82, 2.24) is 9.88 Å². The molecule has 3 heteroatoms. The number of aromatic amines is 1. The Labute approximate surface area is 166 Å². The van der Waals surface area contributed by atoms with Crippen molar-refractivity contribution in [2.75, 3.05) is 19.6 Å².